The fourth-order valence-corrected chi connectivity index (χ4v) is 1.71. The molecule has 0 saturated heterocycles. The highest BCUT2D eigenvalue weighted by Crippen LogP contribution is 2.20. The molecule has 2 rings (SSSR count). The second-order valence-corrected chi connectivity index (χ2v) is 4.78. The van der Waals surface area contributed by atoms with Crippen LogP contribution < -0.4 is 5.32 Å². The molecular formula is C15H16N2O. The highest BCUT2D eigenvalue weighted by atomic mass is 16.1. The van der Waals surface area contributed by atoms with Crippen LogP contribution in [0.25, 0.3) is 6.08 Å². The van der Waals surface area contributed by atoms with Crippen molar-refractivity contribution in [3.05, 3.63) is 40.5 Å². The second-order valence-electron chi connectivity index (χ2n) is 4.78. The Kier molecular flexibility index (Phi) is 3.47. The van der Waals surface area contributed by atoms with Gasteiger partial charge >= 0.3 is 0 Å². The second kappa shape index (κ2) is 5.05. The molecule has 3 nitrogen and oxygen atoms in total. The summed E-state index contributed by atoms with van der Waals surface area (Å²) in [5.41, 5.74) is 3.28. The first-order valence-corrected chi connectivity index (χ1v) is 6.10. The predicted octanol–water partition coefficient (Wildman–Crippen LogP) is 2.49. The lowest BCUT2D eigenvalue weighted by Crippen LogP contribution is -2.26. The van der Waals surface area contributed by atoms with Gasteiger partial charge in [-0.15, -0.1) is 0 Å². The van der Waals surface area contributed by atoms with E-state index in [4.69, 9.17) is 5.26 Å². The van der Waals surface area contributed by atoms with Crippen molar-refractivity contribution >= 4 is 12.0 Å². The first-order valence-electron chi connectivity index (χ1n) is 6.10. The van der Waals surface area contributed by atoms with E-state index in [-0.39, 0.29) is 17.5 Å². The Morgan fingerprint density at radius 1 is 1.44 bits per heavy atom. The van der Waals surface area contributed by atoms with Crippen molar-refractivity contribution in [2.75, 3.05) is 0 Å². The number of amides is 1. The number of nitrogens with zero attached hydrogens (tertiary/aromatic N) is 1. The Labute approximate surface area is 107 Å². The summed E-state index contributed by atoms with van der Waals surface area (Å²) in [6.45, 7) is 3.96. The Morgan fingerprint density at radius 3 is 2.78 bits per heavy atom. The first-order chi connectivity index (χ1) is 8.60. The molecule has 0 spiro atoms. The van der Waals surface area contributed by atoms with Crippen molar-refractivity contribution in [2.45, 2.75) is 32.7 Å². The lowest BCUT2D eigenvalue weighted by atomic mass is 10.0. The van der Waals surface area contributed by atoms with Gasteiger partial charge in [-0.2, -0.15) is 5.26 Å². The number of benzene rings is 1. The molecule has 0 bridgehead atoms. The summed E-state index contributed by atoms with van der Waals surface area (Å²) in [4.78, 5) is 11.8. The molecule has 1 fully saturated rings. The normalized spacial score (nSPS) is 15.1. The van der Waals surface area contributed by atoms with Gasteiger partial charge in [-0.3, -0.25) is 4.79 Å². The van der Waals surface area contributed by atoms with Crippen LogP contribution in [0.3, 0.4) is 0 Å². The number of aryl methyl sites for hydroxylation is 2. The molecular weight excluding hydrogens is 224 g/mol. The average molecular weight is 240 g/mol. The van der Waals surface area contributed by atoms with E-state index >= 15 is 0 Å². The van der Waals surface area contributed by atoms with E-state index in [2.05, 4.69) is 5.32 Å². The predicted molar refractivity (Wildman–Crippen MR) is 70.7 cm³/mol. The molecule has 1 aromatic rings. The van der Waals surface area contributed by atoms with Gasteiger partial charge in [0.1, 0.15) is 11.6 Å². The van der Waals surface area contributed by atoms with E-state index in [0.717, 1.165) is 29.5 Å². The summed E-state index contributed by atoms with van der Waals surface area (Å²) in [6.07, 6.45) is 3.71. The minimum absolute atomic E-state index is 0.176. The van der Waals surface area contributed by atoms with E-state index in [1.807, 2.05) is 38.1 Å². The van der Waals surface area contributed by atoms with E-state index in [9.17, 15) is 4.79 Å². The van der Waals surface area contributed by atoms with Crippen molar-refractivity contribution in [2.24, 2.45) is 0 Å². The molecule has 0 aromatic heterocycles. The topological polar surface area (TPSA) is 52.9 Å². The number of hydrogen-bond acceptors (Lipinski definition) is 2. The molecule has 0 unspecified atom stereocenters. The fraction of sp³-hybridized carbons (Fsp3) is 0.333. The van der Waals surface area contributed by atoms with Gasteiger partial charge in [0.05, 0.1) is 0 Å². The lowest BCUT2D eigenvalue weighted by molar-refractivity contribution is -0.117. The Balaban J connectivity index is 2.25. The number of nitrogens with one attached hydrogen (secondary N) is 1. The van der Waals surface area contributed by atoms with Gasteiger partial charge in [-0.25, -0.2) is 0 Å². The van der Waals surface area contributed by atoms with Crippen LogP contribution in [-0.2, 0) is 4.79 Å². The van der Waals surface area contributed by atoms with Crippen molar-refractivity contribution in [1.29, 1.82) is 5.26 Å². The van der Waals surface area contributed by atoms with Crippen LogP contribution in [0.1, 0.15) is 29.5 Å². The van der Waals surface area contributed by atoms with Crippen LogP contribution in [-0.4, -0.2) is 11.9 Å². The summed E-state index contributed by atoms with van der Waals surface area (Å²) in [7, 11) is 0. The monoisotopic (exact) mass is 240 g/mol. The van der Waals surface area contributed by atoms with Crippen LogP contribution in [0.4, 0.5) is 0 Å². The maximum absolute atomic E-state index is 11.8. The van der Waals surface area contributed by atoms with Crippen molar-refractivity contribution in [1.82, 2.24) is 5.32 Å². The standard InChI is InChI=1S/C15H16N2O/c1-10-3-4-11(2)12(7-10)8-13(9-16)15(18)17-14-5-6-14/h3-4,7-8,14H,5-6H2,1-2H3,(H,17,18)/b13-8+. The van der Waals surface area contributed by atoms with E-state index in [0.29, 0.717) is 0 Å². The molecule has 0 atom stereocenters. The van der Waals surface area contributed by atoms with E-state index in [1.54, 1.807) is 6.08 Å². The highest BCUT2D eigenvalue weighted by Gasteiger charge is 2.24. The third-order valence-corrected chi connectivity index (χ3v) is 3.01. The zero-order chi connectivity index (χ0) is 13.1. The number of rotatable bonds is 3. The number of hydrogen-bond donors (Lipinski definition) is 1. The third kappa shape index (κ3) is 2.98. The zero-order valence-electron chi connectivity index (χ0n) is 10.7. The maximum atomic E-state index is 11.8. The lowest BCUT2D eigenvalue weighted by Gasteiger charge is -2.04. The largest absolute Gasteiger partial charge is 0.349 e. The molecule has 0 aliphatic heterocycles. The molecule has 3 heteroatoms. The maximum Gasteiger partial charge on any atom is 0.262 e. The zero-order valence-corrected chi connectivity index (χ0v) is 10.7. The fourth-order valence-electron chi connectivity index (χ4n) is 1.71. The van der Waals surface area contributed by atoms with Crippen LogP contribution in [0.5, 0.6) is 0 Å². The van der Waals surface area contributed by atoms with Crippen LogP contribution in [0.15, 0.2) is 23.8 Å². The average Bonchev–Trinajstić information content (AvgIpc) is 3.14. The summed E-state index contributed by atoms with van der Waals surface area (Å²) >= 11 is 0. The van der Waals surface area contributed by atoms with Gasteiger partial charge in [0.25, 0.3) is 5.91 Å². The Hall–Kier alpha value is -2.08. The van der Waals surface area contributed by atoms with Crippen molar-refractivity contribution < 1.29 is 4.79 Å². The van der Waals surface area contributed by atoms with Gasteiger partial charge in [0, 0.05) is 6.04 Å². The van der Waals surface area contributed by atoms with Gasteiger partial charge in [-0.1, -0.05) is 23.8 Å². The van der Waals surface area contributed by atoms with Gasteiger partial charge in [0.2, 0.25) is 0 Å². The minimum Gasteiger partial charge on any atom is -0.349 e. The van der Waals surface area contributed by atoms with Crippen molar-refractivity contribution in [3.8, 4) is 6.07 Å². The number of carbonyl (C=O) groups is 1. The summed E-state index contributed by atoms with van der Waals surface area (Å²) in [5.74, 6) is -0.263. The first kappa shape index (κ1) is 12.4. The Morgan fingerprint density at radius 2 is 2.17 bits per heavy atom. The molecule has 0 heterocycles. The minimum atomic E-state index is -0.263. The van der Waals surface area contributed by atoms with E-state index in [1.165, 1.54) is 0 Å². The number of carbonyl (C=O) groups excluding carboxylic acids is 1. The summed E-state index contributed by atoms with van der Waals surface area (Å²) in [6, 6.07) is 8.25. The molecule has 92 valence electrons. The molecule has 0 radical (unpaired) electrons. The summed E-state index contributed by atoms with van der Waals surface area (Å²) in [5, 5.41) is 11.9. The highest BCUT2D eigenvalue weighted by molar-refractivity contribution is 6.02. The van der Waals surface area contributed by atoms with Crippen LogP contribution in [0.2, 0.25) is 0 Å². The smallest absolute Gasteiger partial charge is 0.262 e. The van der Waals surface area contributed by atoms with Gasteiger partial charge < -0.3 is 5.32 Å². The van der Waals surface area contributed by atoms with Crippen LogP contribution in [0, 0.1) is 25.2 Å². The van der Waals surface area contributed by atoms with Crippen LogP contribution >= 0.6 is 0 Å². The number of nitriles is 1. The third-order valence-electron chi connectivity index (χ3n) is 3.01. The Bertz CT molecular complexity index is 548. The van der Waals surface area contributed by atoms with E-state index < -0.39 is 0 Å². The molecule has 18 heavy (non-hydrogen) atoms. The molecule has 1 aliphatic rings. The quantitative estimate of drug-likeness (QED) is 0.652. The SMILES string of the molecule is Cc1ccc(C)c(/C=C(\C#N)C(=O)NC2CC2)c1. The van der Waals surface area contributed by atoms with Crippen molar-refractivity contribution in [3.63, 3.8) is 0 Å². The van der Waals surface area contributed by atoms with Gasteiger partial charge in [-0.05, 0) is 43.9 Å². The molecule has 1 aromatic carbocycles. The van der Waals surface area contributed by atoms with Gasteiger partial charge in [0.15, 0.2) is 0 Å². The molecule has 1 N–H and O–H groups in total. The molecule has 1 saturated carbocycles. The molecule has 1 aliphatic carbocycles. The summed E-state index contributed by atoms with van der Waals surface area (Å²) < 4.78 is 0. The molecule has 1 amide bonds.